The van der Waals surface area contributed by atoms with Crippen LogP contribution in [0.15, 0.2) is 48.9 Å². The lowest BCUT2D eigenvalue weighted by atomic mass is 10.1. The summed E-state index contributed by atoms with van der Waals surface area (Å²) in [6.07, 6.45) is 6.51. The predicted molar refractivity (Wildman–Crippen MR) is 68.6 cm³/mol. The second kappa shape index (κ2) is 6.11. The number of pyridine rings is 2. The SMILES string of the molecule is CC(NCCc1ccncc1)c1ccccn1. The Morgan fingerprint density at radius 3 is 2.65 bits per heavy atom. The van der Waals surface area contributed by atoms with Crippen molar-refractivity contribution in [3.05, 3.63) is 60.2 Å². The van der Waals surface area contributed by atoms with Crippen molar-refractivity contribution in [3.63, 3.8) is 0 Å². The van der Waals surface area contributed by atoms with E-state index in [1.807, 2.05) is 48.9 Å². The highest BCUT2D eigenvalue weighted by molar-refractivity contribution is 5.11. The molecule has 0 aliphatic carbocycles. The van der Waals surface area contributed by atoms with Crippen molar-refractivity contribution >= 4 is 0 Å². The lowest BCUT2D eigenvalue weighted by Gasteiger charge is -2.12. The summed E-state index contributed by atoms with van der Waals surface area (Å²) in [7, 11) is 0. The number of hydrogen-bond donors (Lipinski definition) is 1. The molecule has 0 spiro atoms. The summed E-state index contributed by atoms with van der Waals surface area (Å²) < 4.78 is 0. The molecule has 0 saturated heterocycles. The van der Waals surface area contributed by atoms with Crippen LogP contribution in [0.3, 0.4) is 0 Å². The molecule has 2 aromatic heterocycles. The third-order valence-corrected chi connectivity index (χ3v) is 2.74. The Morgan fingerprint density at radius 1 is 1.12 bits per heavy atom. The summed E-state index contributed by atoms with van der Waals surface area (Å²) in [5, 5.41) is 3.46. The van der Waals surface area contributed by atoms with Crippen LogP contribution in [0, 0.1) is 0 Å². The first-order valence-electron chi connectivity index (χ1n) is 5.89. The molecule has 88 valence electrons. The molecule has 2 aromatic rings. The minimum atomic E-state index is 0.290. The van der Waals surface area contributed by atoms with Gasteiger partial charge >= 0.3 is 0 Å². The van der Waals surface area contributed by atoms with Crippen LogP contribution in [0.1, 0.15) is 24.2 Å². The van der Waals surface area contributed by atoms with Crippen molar-refractivity contribution in [2.75, 3.05) is 6.54 Å². The van der Waals surface area contributed by atoms with E-state index in [1.54, 1.807) is 0 Å². The van der Waals surface area contributed by atoms with Crippen LogP contribution >= 0.6 is 0 Å². The van der Waals surface area contributed by atoms with Crippen LogP contribution in [-0.2, 0) is 6.42 Å². The number of aromatic nitrogens is 2. The lowest BCUT2D eigenvalue weighted by Crippen LogP contribution is -2.22. The number of nitrogens with zero attached hydrogens (tertiary/aromatic N) is 2. The van der Waals surface area contributed by atoms with Gasteiger partial charge < -0.3 is 5.32 Å². The maximum absolute atomic E-state index is 4.33. The van der Waals surface area contributed by atoms with Crippen LogP contribution in [0.25, 0.3) is 0 Å². The quantitative estimate of drug-likeness (QED) is 0.852. The molecule has 2 rings (SSSR count). The third kappa shape index (κ3) is 3.64. The molecule has 1 unspecified atom stereocenters. The molecular formula is C14H17N3. The first-order chi connectivity index (χ1) is 8.36. The van der Waals surface area contributed by atoms with Gasteiger partial charge in [0.2, 0.25) is 0 Å². The molecule has 3 nitrogen and oxygen atoms in total. The molecule has 0 amide bonds. The fourth-order valence-electron chi connectivity index (χ4n) is 1.72. The van der Waals surface area contributed by atoms with E-state index in [4.69, 9.17) is 0 Å². The van der Waals surface area contributed by atoms with Crippen molar-refractivity contribution in [1.29, 1.82) is 0 Å². The van der Waals surface area contributed by atoms with Crippen LogP contribution < -0.4 is 5.32 Å². The van der Waals surface area contributed by atoms with Gasteiger partial charge in [-0.1, -0.05) is 6.07 Å². The zero-order valence-electron chi connectivity index (χ0n) is 10.0. The van der Waals surface area contributed by atoms with Gasteiger partial charge in [0.1, 0.15) is 0 Å². The standard InChI is InChI=1S/C14H17N3/c1-12(14-4-2-3-8-17-14)16-11-7-13-5-9-15-10-6-13/h2-6,8-10,12,16H,7,11H2,1H3. The predicted octanol–water partition coefficient (Wildman–Crippen LogP) is 2.37. The second-order valence-corrected chi connectivity index (χ2v) is 4.04. The Kier molecular flexibility index (Phi) is 4.22. The molecule has 17 heavy (non-hydrogen) atoms. The Balaban J connectivity index is 1.79. The van der Waals surface area contributed by atoms with Crippen LogP contribution in [0.5, 0.6) is 0 Å². The van der Waals surface area contributed by atoms with Gasteiger partial charge in [0.25, 0.3) is 0 Å². The van der Waals surface area contributed by atoms with Crippen molar-refractivity contribution in [2.45, 2.75) is 19.4 Å². The molecule has 2 heterocycles. The molecule has 0 radical (unpaired) electrons. The number of rotatable bonds is 5. The third-order valence-electron chi connectivity index (χ3n) is 2.74. The van der Waals surface area contributed by atoms with Crippen molar-refractivity contribution in [3.8, 4) is 0 Å². The molecular weight excluding hydrogens is 210 g/mol. The summed E-state index contributed by atoms with van der Waals surface area (Å²) in [6, 6.07) is 10.4. The van der Waals surface area contributed by atoms with Crippen molar-refractivity contribution in [1.82, 2.24) is 15.3 Å². The molecule has 0 aromatic carbocycles. The van der Waals surface area contributed by atoms with E-state index in [2.05, 4.69) is 22.2 Å². The van der Waals surface area contributed by atoms with Gasteiger partial charge in [-0.05, 0) is 49.7 Å². The van der Waals surface area contributed by atoms with Crippen LogP contribution in [-0.4, -0.2) is 16.5 Å². The Morgan fingerprint density at radius 2 is 1.94 bits per heavy atom. The molecule has 0 fully saturated rings. The lowest BCUT2D eigenvalue weighted by molar-refractivity contribution is 0.564. The van der Waals surface area contributed by atoms with Gasteiger partial charge in [0.15, 0.2) is 0 Å². The van der Waals surface area contributed by atoms with Gasteiger partial charge in [0.05, 0.1) is 5.69 Å². The fourth-order valence-corrected chi connectivity index (χ4v) is 1.72. The second-order valence-electron chi connectivity index (χ2n) is 4.04. The highest BCUT2D eigenvalue weighted by Crippen LogP contribution is 2.07. The van der Waals surface area contributed by atoms with E-state index in [-0.39, 0.29) is 6.04 Å². The monoisotopic (exact) mass is 227 g/mol. The van der Waals surface area contributed by atoms with E-state index >= 15 is 0 Å². The van der Waals surface area contributed by atoms with Gasteiger partial charge in [-0.3, -0.25) is 9.97 Å². The topological polar surface area (TPSA) is 37.8 Å². The summed E-state index contributed by atoms with van der Waals surface area (Å²) in [5.41, 5.74) is 2.39. The van der Waals surface area contributed by atoms with E-state index in [0.717, 1.165) is 18.7 Å². The van der Waals surface area contributed by atoms with Gasteiger partial charge in [-0.25, -0.2) is 0 Å². The first kappa shape index (κ1) is 11.7. The highest BCUT2D eigenvalue weighted by atomic mass is 14.9. The molecule has 0 aliphatic rings. The zero-order chi connectivity index (χ0) is 11.9. The van der Waals surface area contributed by atoms with E-state index in [1.165, 1.54) is 5.56 Å². The van der Waals surface area contributed by atoms with E-state index in [9.17, 15) is 0 Å². The highest BCUT2D eigenvalue weighted by Gasteiger charge is 2.04. The first-order valence-corrected chi connectivity index (χ1v) is 5.89. The van der Waals surface area contributed by atoms with Crippen molar-refractivity contribution < 1.29 is 0 Å². The average Bonchev–Trinajstić information content (AvgIpc) is 2.41. The Bertz CT molecular complexity index is 428. The minimum absolute atomic E-state index is 0.290. The minimum Gasteiger partial charge on any atom is -0.309 e. The molecule has 3 heteroatoms. The van der Waals surface area contributed by atoms with Gasteiger partial charge in [-0.15, -0.1) is 0 Å². The largest absolute Gasteiger partial charge is 0.309 e. The fraction of sp³-hybridized carbons (Fsp3) is 0.286. The molecule has 0 aliphatic heterocycles. The maximum atomic E-state index is 4.33. The molecule has 0 bridgehead atoms. The summed E-state index contributed by atoms with van der Waals surface area (Å²) in [4.78, 5) is 8.34. The average molecular weight is 227 g/mol. The summed E-state index contributed by atoms with van der Waals surface area (Å²) in [6.45, 7) is 3.08. The number of nitrogens with one attached hydrogen (secondary N) is 1. The normalized spacial score (nSPS) is 12.3. The summed E-state index contributed by atoms with van der Waals surface area (Å²) >= 11 is 0. The molecule has 1 N–H and O–H groups in total. The Hall–Kier alpha value is -1.74. The van der Waals surface area contributed by atoms with E-state index in [0.29, 0.717) is 0 Å². The van der Waals surface area contributed by atoms with Gasteiger partial charge in [0, 0.05) is 24.6 Å². The zero-order valence-corrected chi connectivity index (χ0v) is 10.0. The number of hydrogen-bond acceptors (Lipinski definition) is 3. The van der Waals surface area contributed by atoms with Gasteiger partial charge in [-0.2, -0.15) is 0 Å². The molecule has 1 atom stereocenters. The van der Waals surface area contributed by atoms with Crippen molar-refractivity contribution in [2.24, 2.45) is 0 Å². The molecule has 0 saturated carbocycles. The summed E-state index contributed by atoms with van der Waals surface area (Å²) in [5.74, 6) is 0. The maximum Gasteiger partial charge on any atom is 0.0570 e. The van der Waals surface area contributed by atoms with Crippen LogP contribution in [0.2, 0.25) is 0 Å². The van der Waals surface area contributed by atoms with E-state index < -0.39 is 0 Å². The van der Waals surface area contributed by atoms with Crippen LogP contribution in [0.4, 0.5) is 0 Å². The Labute approximate surface area is 102 Å². The smallest absolute Gasteiger partial charge is 0.0570 e.